The Balaban J connectivity index is 1.63. The van der Waals surface area contributed by atoms with Gasteiger partial charge in [-0.3, -0.25) is 5.32 Å². The lowest BCUT2D eigenvalue weighted by atomic mass is 10.2. The van der Waals surface area contributed by atoms with Gasteiger partial charge in [0.25, 0.3) is 0 Å². The highest BCUT2D eigenvalue weighted by Gasteiger charge is 2.09. The number of ether oxygens (including phenoxy) is 1. The number of hydrogen-bond acceptors (Lipinski definition) is 4. The van der Waals surface area contributed by atoms with Crippen LogP contribution in [-0.2, 0) is 6.54 Å². The van der Waals surface area contributed by atoms with Crippen molar-refractivity contribution >= 4 is 40.6 Å². The van der Waals surface area contributed by atoms with Crippen molar-refractivity contribution in [2.75, 3.05) is 17.2 Å². The molecular weight excluding hydrogens is 389 g/mol. The van der Waals surface area contributed by atoms with Gasteiger partial charge in [-0.25, -0.2) is 14.1 Å². The third-order valence-corrected chi connectivity index (χ3v) is 4.10. The minimum atomic E-state index is -0.381. The highest BCUT2D eigenvalue weighted by atomic mass is 35.5. The second kappa shape index (κ2) is 8.79. The summed E-state index contributed by atoms with van der Waals surface area (Å²) in [5.74, 6) is 0.654. The van der Waals surface area contributed by atoms with Crippen LogP contribution in [0.3, 0.4) is 0 Å². The van der Waals surface area contributed by atoms with Crippen molar-refractivity contribution < 1.29 is 9.13 Å². The first kappa shape index (κ1) is 19.1. The van der Waals surface area contributed by atoms with E-state index in [1.54, 1.807) is 17.1 Å². The van der Waals surface area contributed by atoms with E-state index >= 15 is 0 Å². The molecule has 0 atom stereocenters. The molecule has 0 aliphatic heterocycles. The number of benzene rings is 2. The van der Waals surface area contributed by atoms with Gasteiger partial charge in [-0.05, 0) is 49.0 Å². The molecule has 0 radical (unpaired) electrons. The lowest BCUT2D eigenvalue weighted by Crippen LogP contribution is -2.20. The van der Waals surface area contributed by atoms with Crippen LogP contribution in [0.25, 0.3) is 0 Å². The van der Waals surface area contributed by atoms with Crippen molar-refractivity contribution in [2.45, 2.75) is 13.5 Å². The van der Waals surface area contributed by atoms with Gasteiger partial charge >= 0.3 is 0 Å². The first-order valence-corrected chi connectivity index (χ1v) is 8.97. The SMILES string of the molecule is CCOc1ccccc1NC(=S)Nc1ncn(Cc2ccc(F)cc2Cl)n1. The first-order valence-electron chi connectivity index (χ1n) is 8.18. The van der Waals surface area contributed by atoms with Crippen LogP contribution < -0.4 is 15.4 Å². The summed E-state index contributed by atoms with van der Waals surface area (Å²) < 4.78 is 20.3. The lowest BCUT2D eigenvalue weighted by molar-refractivity contribution is 0.342. The number of halogens is 2. The molecule has 0 fully saturated rings. The number of nitrogens with zero attached hydrogens (tertiary/aromatic N) is 3. The Hall–Kier alpha value is -2.71. The molecule has 1 aromatic heterocycles. The molecule has 1 heterocycles. The van der Waals surface area contributed by atoms with Crippen LogP contribution >= 0.6 is 23.8 Å². The zero-order chi connectivity index (χ0) is 19.2. The van der Waals surface area contributed by atoms with Gasteiger partial charge in [-0.15, -0.1) is 5.10 Å². The fraction of sp³-hybridized carbons (Fsp3) is 0.167. The normalized spacial score (nSPS) is 10.5. The summed E-state index contributed by atoms with van der Waals surface area (Å²) in [5, 5.41) is 10.9. The fourth-order valence-electron chi connectivity index (χ4n) is 2.36. The molecule has 0 aliphatic rings. The van der Waals surface area contributed by atoms with E-state index in [2.05, 4.69) is 20.7 Å². The molecule has 0 saturated carbocycles. The number of aromatic nitrogens is 3. The molecular formula is C18H17ClFN5OS. The highest BCUT2D eigenvalue weighted by Crippen LogP contribution is 2.23. The fourth-order valence-corrected chi connectivity index (χ4v) is 2.79. The average molecular weight is 406 g/mol. The van der Waals surface area contributed by atoms with Crippen molar-refractivity contribution in [3.05, 3.63) is 65.2 Å². The Morgan fingerprint density at radius 3 is 2.85 bits per heavy atom. The van der Waals surface area contributed by atoms with Crippen LogP contribution in [0.4, 0.5) is 16.0 Å². The van der Waals surface area contributed by atoms with Gasteiger partial charge in [0.05, 0.1) is 18.8 Å². The first-order chi connectivity index (χ1) is 13.0. The Morgan fingerprint density at radius 2 is 2.07 bits per heavy atom. The van der Waals surface area contributed by atoms with E-state index in [4.69, 9.17) is 28.6 Å². The molecule has 6 nitrogen and oxygen atoms in total. The third-order valence-electron chi connectivity index (χ3n) is 3.54. The quantitative estimate of drug-likeness (QED) is 0.595. The average Bonchev–Trinajstić information content (AvgIpc) is 3.06. The van der Waals surface area contributed by atoms with Crippen LogP contribution in [0, 0.1) is 5.82 Å². The van der Waals surface area contributed by atoms with E-state index in [-0.39, 0.29) is 5.82 Å². The second-order valence-corrected chi connectivity index (χ2v) is 6.33. The molecule has 3 rings (SSSR count). The maximum Gasteiger partial charge on any atom is 0.248 e. The van der Waals surface area contributed by atoms with E-state index in [1.807, 2.05) is 31.2 Å². The highest BCUT2D eigenvalue weighted by molar-refractivity contribution is 7.80. The Bertz CT molecular complexity index is 949. The summed E-state index contributed by atoms with van der Waals surface area (Å²) in [4.78, 5) is 4.16. The number of para-hydroxylation sites is 2. The van der Waals surface area contributed by atoms with E-state index in [1.165, 1.54) is 12.1 Å². The van der Waals surface area contributed by atoms with Crippen molar-refractivity contribution in [3.8, 4) is 5.75 Å². The van der Waals surface area contributed by atoms with E-state index in [0.717, 1.165) is 11.3 Å². The van der Waals surface area contributed by atoms with Gasteiger partial charge in [-0.1, -0.05) is 29.8 Å². The molecule has 0 amide bonds. The number of hydrogen-bond donors (Lipinski definition) is 2. The molecule has 27 heavy (non-hydrogen) atoms. The van der Waals surface area contributed by atoms with Crippen LogP contribution in [0.2, 0.25) is 5.02 Å². The third kappa shape index (κ3) is 5.15. The van der Waals surface area contributed by atoms with E-state index in [0.29, 0.717) is 35.0 Å². The van der Waals surface area contributed by atoms with Gasteiger partial charge in [0, 0.05) is 5.02 Å². The number of thiocarbonyl (C=S) groups is 1. The van der Waals surface area contributed by atoms with Crippen LogP contribution in [-0.4, -0.2) is 26.5 Å². The predicted molar refractivity (Wildman–Crippen MR) is 108 cm³/mol. The molecule has 2 aromatic carbocycles. The molecule has 0 saturated heterocycles. The van der Waals surface area contributed by atoms with Gasteiger partial charge in [0.1, 0.15) is 17.9 Å². The Morgan fingerprint density at radius 1 is 1.26 bits per heavy atom. The summed E-state index contributed by atoms with van der Waals surface area (Å²) in [5.41, 5.74) is 1.48. The summed E-state index contributed by atoms with van der Waals surface area (Å²) in [6, 6.07) is 11.7. The summed E-state index contributed by atoms with van der Waals surface area (Å²) in [7, 11) is 0. The zero-order valence-corrected chi connectivity index (χ0v) is 16.0. The zero-order valence-electron chi connectivity index (χ0n) is 14.4. The minimum Gasteiger partial charge on any atom is -0.492 e. The topological polar surface area (TPSA) is 64.0 Å². The summed E-state index contributed by atoms with van der Waals surface area (Å²) in [6.45, 7) is 2.83. The van der Waals surface area contributed by atoms with E-state index in [9.17, 15) is 4.39 Å². The smallest absolute Gasteiger partial charge is 0.248 e. The van der Waals surface area contributed by atoms with E-state index < -0.39 is 0 Å². The summed E-state index contributed by atoms with van der Waals surface area (Å²) in [6.07, 6.45) is 1.54. The van der Waals surface area contributed by atoms with Crippen LogP contribution in [0.15, 0.2) is 48.8 Å². The number of rotatable bonds is 6. The van der Waals surface area contributed by atoms with Crippen molar-refractivity contribution in [1.82, 2.24) is 14.8 Å². The van der Waals surface area contributed by atoms with Crippen molar-refractivity contribution in [3.63, 3.8) is 0 Å². The molecule has 0 bridgehead atoms. The number of nitrogens with one attached hydrogen (secondary N) is 2. The standard InChI is InChI=1S/C18H17ClFN5OS/c1-2-26-16-6-4-3-5-15(16)22-18(27)23-17-21-11-25(24-17)10-12-7-8-13(20)9-14(12)19/h3-9,11H,2,10H2,1H3,(H2,22,23,24,27). The van der Waals surface area contributed by atoms with Gasteiger partial charge in [0.2, 0.25) is 5.95 Å². The molecule has 9 heteroatoms. The van der Waals surface area contributed by atoms with Crippen molar-refractivity contribution in [1.29, 1.82) is 0 Å². The number of anilines is 2. The Labute approximate surface area is 166 Å². The van der Waals surface area contributed by atoms with Crippen molar-refractivity contribution in [2.24, 2.45) is 0 Å². The molecule has 0 unspecified atom stereocenters. The molecule has 2 N–H and O–H groups in total. The van der Waals surface area contributed by atoms with Gasteiger partial charge in [0.15, 0.2) is 5.11 Å². The maximum absolute atomic E-state index is 13.1. The van der Waals surface area contributed by atoms with Gasteiger partial charge < -0.3 is 10.1 Å². The minimum absolute atomic E-state index is 0.333. The lowest BCUT2D eigenvalue weighted by Gasteiger charge is -2.12. The van der Waals surface area contributed by atoms with Crippen LogP contribution in [0.1, 0.15) is 12.5 Å². The van der Waals surface area contributed by atoms with Crippen LogP contribution in [0.5, 0.6) is 5.75 Å². The second-order valence-electron chi connectivity index (χ2n) is 5.51. The molecule has 0 aliphatic carbocycles. The monoisotopic (exact) mass is 405 g/mol. The van der Waals surface area contributed by atoms with Gasteiger partial charge in [-0.2, -0.15) is 0 Å². The maximum atomic E-state index is 13.1. The molecule has 140 valence electrons. The largest absolute Gasteiger partial charge is 0.492 e. The summed E-state index contributed by atoms with van der Waals surface area (Å²) >= 11 is 11.3. The molecule has 0 spiro atoms. The molecule has 3 aromatic rings. The predicted octanol–water partition coefficient (Wildman–Crippen LogP) is 4.33. The Kier molecular flexibility index (Phi) is 6.20.